The van der Waals surface area contributed by atoms with Gasteiger partial charge in [-0.15, -0.1) is 0 Å². The molecule has 0 bridgehead atoms. The number of carbonyl (C=O) groups is 2. The van der Waals surface area contributed by atoms with E-state index in [1.165, 1.54) is 17.0 Å². The standard InChI is InChI=1S/C14H17FN2O3/c1-2-20-14(19)11-6-10(15)3-4-12(11)17-8-9(7-16)5-13(17)18/h3-4,6,9H,2,5,7-8,16H2,1H3. The monoisotopic (exact) mass is 280 g/mol. The van der Waals surface area contributed by atoms with Crippen molar-refractivity contribution in [3.05, 3.63) is 29.6 Å². The molecule has 1 aliphatic rings. The van der Waals surface area contributed by atoms with Crippen molar-refractivity contribution in [3.8, 4) is 0 Å². The van der Waals surface area contributed by atoms with Gasteiger partial charge in [-0.1, -0.05) is 0 Å². The van der Waals surface area contributed by atoms with Gasteiger partial charge in [0.2, 0.25) is 5.91 Å². The zero-order valence-electron chi connectivity index (χ0n) is 11.3. The summed E-state index contributed by atoms with van der Waals surface area (Å²) in [5, 5.41) is 0. The molecule has 6 heteroatoms. The minimum Gasteiger partial charge on any atom is -0.462 e. The Kier molecular flexibility index (Phi) is 4.34. The van der Waals surface area contributed by atoms with Crippen molar-refractivity contribution in [2.24, 2.45) is 11.7 Å². The van der Waals surface area contributed by atoms with Crippen LogP contribution in [0.25, 0.3) is 0 Å². The molecular weight excluding hydrogens is 263 g/mol. The zero-order valence-corrected chi connectivity index (χ0v) is 11.3. The van der Waals surface area contributed by atoms with E-state index in [1.54, 1.807) is 6.92 Å². The Hall–Kier alpha value is -1.95. The highest BCUT2D eigenvalue weighted by Gasteiger charge is 2.32. The van der Waals surface area contributed by atoms with E-state index in [2.05, 4.69) is 0 Å². The predicted molar refractivity (Wildman–Crippen MR) is 71.9 cm³/mol. The summed E-state index contributed by atoms with van der Waals surface area (Å²) < 4.78 is 18.2. The summed E-state index contributed by atoms with van der Waals surface area (Å²) in [4.78, 5) is 25.3. The number of ether oxygens (including phenoxy) is 1. The molecule has 2 rings (SSSR count). The molecule has 0 radical (unpaired) electrons. The lowest BCUT2D eigenvalue weighted by Gasteiger charge is -2.19. The Labute approximate surface area is 116 Å². The molecular formula is C14H17FN2O3. The van der Waals surface area contributed by atoms with Gasteiger partial charge in [-0.3, -0.25) is 4.79 Å². The third-order valence-electron chi connectivity index (χ3n) is 3.28. The van der Waals surface area contributed by atoms with Crippen molar-refractivity contribution < 1.29 is 18.7 Å². The highest BCUT2D eigenvalue weighted by molar-refractivity contribution is 6.03. The predicted octanol–water partition coefficient (Wildman–Crippen LogP) is 1.31. The van der Waals surface area contributed by atoms with Crippen LogP contribution in [0, 0.1) is 11.7 Å². The van der Waals surface area contributed by atoms with Crippen LogP contribution in [0.2, 0.25) is 0 Å². The van der Waals surface area contributed by atoms with Crippen LogP contribution >= 0.6 is 0 Å². The Balaban J connectivity index is 2.36. The number of carbonyl (C=O) groups excluding carboxylic acids is 2. The summed E-state index contributed by atoms with van der Waals surface area (Å²) in [7, 11) is 0. The maximum atomic E-state index is 13.3. The quantitative estimate of drug-likeness (QED) is 0.844. The van der Waals surface area contributed by atoms with Gasteiger partial charge in [0.25, 0.3) is 0 Å². The van der Waals surface area contributed by atoms with Gasteiger partial charge in [-0.25, -0.2) is 9.18 Å². The lowest BCUT2D eigenvalue weighted by molar-refractivity contribution is -0.117. The van der Waals surface area contributed by atoms with E-state index in [1.807, 2.05) is 0 Å². The number of hydrogen-bond acceptors (Lipinski definition) is 4. The maximum absolute atomic E-state index is 13.3. The molecule has 1 atom stereocenters. The minimum absolute atomic E-state index is 0.0580. The number of esters is 1. The molecule has 20 heavy (non-hydrogen) atoms. The summed E-state index contributed by atoms with van der Waals surface area (Å²) >= 11 is 0. The van der Waals surface area contributed by atoms with E-state index >= 15 is 0 Å². The van der Waals surface area contributed by atoms with E-state index in [9.17, 15) is 14.0 Å². The fourth-order valence-electron chi connectivity index (χ4n) is 2.29. The highest BCUT2D eigenvalue weighted by Crippen LogP contribution is 2.29. The van der Waals surface area contributed by atoms with Crippen LogP contribution in [0.1, 0.15) is 23.7 Å². The van der Waals surface area contributed by atoms with Gasteiger partial charge in [0.05, 0.1) is 17.9 Å². The lowest BCUT2D eigenvalue weighted by Crippen LogP contribution is -2.28. The number of halogens is 1. The fourth-order valence-corrected chi connectivity index (χ4v) is 2.29. The molecule has 1 unspecified atom stereocenters. The smallest absolute Gasteiger partial charge is 0.340 e. The molecule has 1 amide bonds. The summed E-state index contributed by atoms with van der Waals surface area (Å²) in [5.41, 5.74) is 6.02. The number of hydrogen-bond donors (Lipinski definition) is 1. The molecule has 1 saturated heterocycles. The molecule has 1 fully saturated rings. The van der Waals surface area contributed by atoms with Gasteiger partial charge < -0.3 is 15.4 Å². The average Bonchev–Trinajstić information content (AvgIpc) is 2.80. The Morgan fingerprint density at radius 3 is 2.90 bits per heavy atom. The van der Waals surface area contributed by atoms with Crippen molar-refractivity contribution >= 4 is 17.6 Å². The maximum Gasteiger partial charge on any atom is 0.340 e. The molecule has 5 nitrogen and oxygen atoms in total. The number of nitrogens with two attached hydrogens (primary N) is 1. The Morgan fingerprint density at radius 1 is 1.55 bits per heavy atom. The number of amides is 1. The average molecular weight is 280 g/mol. The zero-order chi connectivity index (χ0) is 14.7. The van der Waals surface area contributed by atoms with Gasteiger partial charge in [0, 0.05) is 13.0 Å². The first-order valence-electron chi connectivity index (χ1n) is 6.54. The van der Waals surface area contributed by atoms with Crippen LogP contribution in [0.3, 0.4) is 0 Å². The Morgan fingerprint density at radius 2 is 2.30 bits per heavy atom. The van der Waals surface area contributed by atoms with Crippen LogP contribution in [0.4, 0.5) is 10.1 Å². The first kappa shape index (κ1) is 14.5. The third kappa shape index (κ3) is 2.80. The lowest BCUT2D eigenvalue weighted by atomic mass is 10.1. The number of benzene rings is 1. The first-order valence-corrected chi connectivity index (χ1v) is 6.54. The van der Waals surface area contributed by atoms with Crippen LogP contribution in [0.15, 0.2) is 18.2 Å². The van der Waals surface area contributed by atoms with Gasteiger partial charge in [-0.2, -0.15) is 0 Å². The normalized spacial score (nSPS) is 18.4. The molecule has 2 N–H and O–H groups in total. The fraction of sp³-hybridized carbons (Fsp3) is 0.429. The van der Waals surface area contributed by atoms with Crippen molar-refractivity contribution in [2.45, 2.75) is 13.3 Å². The van der Waals surface area contributed by atoms with Gasteiger partial charge in [0.15, 0.2) is 0 Å². The molecule has 0 aliphatic carbocycles. The van der Waals surface area contributed by atoms with E-state index in [0.29, 0.717) is 25.2 Å². The van der Waals surface area contributed by atoms with E-state index in [4.69, 9.17) is 10.5 Å². The number of anilines is 1. The van der Waals surface area contributed by atoms with Crippen molar-refractivity contribution in [1.29, 1.82) is 0 Å². The molecule has 0 saturated carbocycles. The molecule has 1 aromatic rings. The van der Waals surface area contributed by atoms with Crippen LogP contribution in [-0.4, -0.2) is 31.6 Å². The molecule has 0 spiro atoms. The van der Waals surface area contributed by atoms with Gasteiger partial charge in [-0.05, 0) is 37.6 Å². The van der Waals surface area contributed by atoms with Crippen LogP contribution in [0.5, 0.6) is 0 Å². The summed E-state index contributed by atoms with van der Waals surface area (Å²) in [6, 6.07) is 3.75. The third-order valence-corrected chi connectivity index (χ3v) is 3.28. The molecule has 1 aromatic carbocycles. The molecule has 0 aromatic heterocycles. The topological polar surface area (TPSA) is 72.6 Å². The second-order valence-electron chi connectivity index (χ2n) is 4.69. The number of nitrogens with zero attached hydrogens (tertiary/aromatic N) is 1. The first-order chi connectivity index (χ1) is 9.56. The van der Waals surface area contributed by atoms with Crippen LogP contribution in [-0.2, 0) is 9.53 Å². The minimum atomic E-state index is -0.633. The summed E-state index contributed by atoms with van der Waals surface area (Å²) in [6.45, 7) is 2.70. The van der Waals surface area contributed by atoms with Crippen LogP contribution < -0.4 is 10.6 Å². The van der Waals surface area contributed by atoms with E-state index in [0.717, 1.165) is 6.07 Å². The molecule has 1 aliphatic heterocycles. The number of rotatable bonds is 4. The SMILES string of the molecule is CCOC(=O)c1cc(F)ccc1N1CC(CN)CC1=O. The largest absolute Gasteiger partial charge is 0.462 e. The van der Waals surface area contributed by atoms with Crippen molar-refractivity contribution in [3.63, 3.8) is 0 Å². The summed E-state index contributed by atoms with van der Waals surface area (Å²) in [5.74, 6) is -1.23. The van der Waals surface area contributed by atoms with Gasteiger partial charge >= 0.3 is 5.97 Å². The van der Waals surface area contributed by atoms with Crippen molar-refractivity contribution in [1.82, 2.24) is 0 Å². The van der Waals surface area contributed by atoms with Gasteiger partial charge in [0.1, 0.15) is 5.82 Å². The second kappa shape index (κ2) is 6.00. The highest BCUT2D eigenvalue weighted by atomic mass is 19.1. The Bertz CT molecular complexity index is 533. The molecule has 108 valence electrons. The second-order valence-corrected chi connectivity index (χ2v) is 4.69. The van der Waals surface area contributed by atoms with E-state index in [-0.39, 0.29) is 24.0 Å². The van der Waals surface area contributed by atoms with Crippen molar-refractivity contribution in [2.75, 3.05) is 24.6 Å². The molecule has 1 heterocycles. The van der Waals surface area contributed by atoms with E-state index < -0.39 is 11.8 Å². The summed E-state index contributed by atoms with van der Waals surface area (Å²) in [6.07, 6.45) is 0.343.